The number of fused-ring (bicyclic) bond motifs is 1. The molecule has 0 aliphatic heterocycles. The maximum absolute atomic E-state index is 12.8. The maximum Gasteiger partial charge on any atom is 0.329 e. The Balaban J connectivity index is 1.56. The Morgan fingerprint density at radius 3 is 2.48 bits per heavy atom. The summed E-state index contributed by atoms with van der Waals surface area (Å²) in [4.78, 5) is 25.6. The van der Waals surface area contributed by atoms with Crippen LogP contribution in [0.25, 0.3) is 22.0 Å². The number of halogens is 1. The number of benzene rings is 3. The number of rotatable bonds is 6. The number of nitrogens with zero attached hydrogens (tertiary/aromatic N) is 2. The van der Waals surface area contributed by atoms with Gasteiger partial charge in [0.05, 0.1) is 11.7 Å². The lowest BCUT2D eigenvalue weighted by Gasteiger charge is -2.16. The molecule has 0 radical (unpaired) electrons. The van der Waals surface area contributed by atoms with Crippen molar-refractivity contribution < 1.29 is 4.79 Å². The second-order valence-electron chi connectivity index (χ2n) is 7.53. The molecule has 31 heavy (non-hydrogen) atoms. The Bertz CT molecular complexity index is 1280. The van der Waals surface area contributed by atoms with Crippen LogP contribution in [0.15, 0.2) is 77.7 Å². The van der Waals surface area contributed by atoms with Crippen molar-refractivity contribution in [3.8, 4) is 11.3 Å². The molecule has 0 bridgehead atoms. The summed E-state index contributed by atoms with van der Waals surface area (Å²) in [6.45, 7) is 4.34. The van der Waals surface area contributed by atoms with E-state index in [2.05, 4.69) is 23.5 Å². The second-order valence-corrected chi connectivity index (χ2v) is 7.97. The van der Waals surface area contributed by atoms with E-state index in [4.69, 9.17) is 11.6 Å². The Kier molecular flexibility index (Phi) is 5.96. The summed E-state index contributed by atoms with van der Waals surface area (Å²) in [6.07, 6.45) is 1.73. The number of carbonyl (C=O) groups excluding carboxylic acids is 1. The third-order valence-electron chi connectivity index (χ3n) is 5.48. The Morgan fingerprint density at radius 1 is 1.03 bits per heavy atom. The van der Waals surface area contributed by atoms with Crippen LogP contribution in [0, 0.1) is 0 Å². The monoisotopic (exact) mass is 433 g/mol. The topological polar surface area (TPSA) is 56.0 Å². The first-order chi connectivity index (χ1) is 15.0. The van der Waals surface area contributed by atoms with Crippen LogP contribution in [0.1, 0.15) is 25.5 Å². The highest BCUT2D eigenvalue weighted by atomic mass is 35.5. The van der Waals surface area contributed by atoms with Gasteiger partial charge < -0.3 is 5.32 Å². The average Bonchev–Trinajstić information content (AvgIpc) is 3.08. The maximum atomic E-state index is 12.8. The van der Waals surface area contributed by atoms with Crippen molar-refractivity contribution in [2.75, 3.05) is 0 Å². The van der Waals surface area contributed by atoms with E-state index in [9.17, 15) is 9.59 Å². The summed E-state index contributed by atoms with van der Waals surface area (Å²) < 4.78 is 3.11. The molecule has 0 unspecified atom stereocenters. The van der Waals surface area contributed by atoms with Gasteiger partial charge in [-0.2, -0.15) is 0 Å². The van der Waals surface area contributed by atoms with Gasteiger partial charge in [-0.25, -0.2) is 4.79 Å². The van der Waals surface area contributed by atoms with Gasteiger partial charge >= 0.3 is 5.69 Å². The number of aromatic nitrogens is 2. The van der Waals surface area contributed by atoms with E-state index in [1.165, 1.54) is 4.57 Å². The largest absolute Gasteiger partial charge is 0.348 e. The number of amides is 1. The normalized spacial score (nSPS) is 12.1. The molecular weight excluding hydrogens is 410 g/mol. The third kappa shape index (κ3) is 4.28. The molecule has 0 aliphatic rings. The minimum Gasteiger partial charge on any atom is -0.348 e. The molecule has 5 nitrogen and oxygen atoms in total. The van der Waals surface area contributed by atoms with Crippen molar-refractivity contribution in [1.82, 2.24) is 14.5 Å². The number of imidazole rings is 1. The molecule has 1 heterocycles. The summed E-state index contributed by atoms with van der Waals surface area (Å²) >= 11 is 5.99. The molecule has 0 saturated carbocycles. The standard InChI is InChI=1S/C25H24ClN3O2/c1-3-29-23(19-11-13-20(26)14-12-19)15-28(25(29)31)16-24(30)27-17(2)21-10-6-8-18-7-4-5-9-22(18)21/h4-15,17H,3,16H2,1-2H3,(H,27,30)/t17-/m1/s1. The van der Waals surface area contributed by atoms with Gasteiger partial charge in [0, 0.05) is 17.8 Å². The fourth-order valence-electron chi connectivity index (χ4n) is 3.95. The van der Waals surface area contributed by atoms with Crippen molar-refractivity contribution in [3.05, 3.63) is 94.0 Å². The van der Waals surface area contributed by atoms with Crippen molar-refractivity contribution in [2.24, 2.45) is 0 Å². The summed E-state index contributed by atoms with van der Waals surface area (Å²) in [7, 11) is 0. The van der Waals surface area contributed by atoms with Crippen LogP contribution >= 0.6 is 11.6 Å². The first-order valence-corrected chi connectivity index (χ1v) is 10.7. The molecule has 4 rings (SSSR count). The number of hydrogen-bond donors (Lipinski definition) is 1. The van der Waals surface area contributed by atoms with Crippen molar-refractivity contribution in [1.29, 1.82) is 0 Å². The van der Waals surface area contributed by atoms with Crippen molar-refractivity contribution in [2.45, 2.75) is 33.0 Å². The molecule has 1 amide bonds. The van der Waals surface area contributed by atoms with Gasteiger partial charge in [-0.15, -0.1) is 0 Å². The summed E-state index contributed by atoms with van der Waals surface area (Å²) in [5.41, 5.74) is 2.48. The predicted molar refractivity (Wildman–Crippen MR) is 125 cm³/mol. The summed E-state index contributed by atoms with van der Waals surface area (Å²) in [5, 5.41) is 5.91. The zero-order chi connectivity index (χ0) is 22.0. The van der Waals surface area contributed by atoms with Crippen LogP contribution in [-0.2, 0) is 17.9 Å². The quantitative estimate of drug-likeness (QED) is 0.464. The van der Waals surface area contributed by atoms with Gasteiger partial charge in [0.15, 0.2) is 0 Å². The minimum absolute atomic E-state index is 0.0401. The summed E-state index contributed by atoms with van der Waals surface area (Å²) in [5.74, 6) is -0.210. The smallest absolute Gasteiger partial charge is 0.329 e. The predicted octanol–water partition coefficient (Wildman–Crippen LogP) is 5.02. The molecule has 6 heteroatoms. The molecule has 0 fully saturated rings. The van der Waals surface area contributed by atoms with Gasteiger partial charge in [-0.3, -0.25) is 13.9 Å². The molecular formula is C25H24ClN3O2. The van der Waals surface area contributed by atoms with Crippen LogP contribution in [0.3, 0.4) is 0 Å². The van der Waals surface area contributed by atoms with E-state index in [0.29, 0.717) is 11.6 Å². The first kappa shape index (κ1) is 20.9. The molecule has 4 aromatic rings. The molecule has 0 aliphatic carbocycles. The van der Waals surface area contributed by atoms with Gasteiger partial charge in [0.2, 0.25) is 5.91 Å². The molecule has 0 spiro atoms. The van der Waals surface area contributed by atoms with Crippen LogP contribution in [0.2, 0.25) is 5.02 Å². The molecule has 0 saturated heterocycles. The molecule has 158 valence electrons. The molecule has 1 N–H and O–H groups in total. The highest BCUT2D eigenvalue weighted by molar-refractivity contribution is 6.30. The SMILES string of the molecule is CCn1c(-c2ccc(Cl)cc2)cn(CC(=O)N[C@H](C)c2cccc3ccccc23)c1=O. The highest BCUT2D eigenvalue weighted by Crippen LogP contribution is 2.24. The fourth-order valence-corrected chi connectivity index (χ4v) is 4.07. The number of carbonyl (C=O) groups is 1. The van der Waals surface area contributed by atoms with Crippen molar-refractivity contribution >= 4 is 28.3 Å². The second kappa shape index (κ2) is 8.82. The van der Waals surface area contributed by atoms with E-state index in [1.807, 2.05) is 50.2 Å². The van der Waals surface area contributed by atoms with Gasteiger partial charge in [-0.1, -0.05) is 66.2 Å². The van der Waals surface area contributed by atoms with E-state index >= 15 is 0 Å². The van der Waals surface area contributed by atoms with E-state index in [-0.39, 0.29) is 24.2 Å². The lowest BCUT2D eigenvalue weighted by atomic mass is 10.00. The van der Waals surface area contributed by atoms with E-state index < -0.39 is 0 Å². The van der Waals surface area contributed by atoms with Gasteiger partial charge in [0.25, 0.3) is 0 Å². The fraction of sp³-hybridized carbons (Fsp3) is 0.200. The van der Waals surface area contributed by atoms with Gasteiger partial charge in [0.1, 0.15) is 6.54 Å². The Hall–Kier alpha value is -3.31. The zero-order valence-electron chi connectivity index (χ0n) is 17.5. The highest BCUT2D eigenvalue weighted by Gasteiger charge is 2.16. The lowest BCUT2D eigenvalue weighted by molar-refractivity contribution is -0.122. The summed E-state index contributed by atoms with van der Waals surface area (Å²) in [6, 6.07) is 21.3. The van der Waals surface area contributed by atoms with Crippen LogP contribution in [0.5, 0.6) is 0 Å². The molecule has 1 aromatic heterocycles. The van der Waals surface area contributed by atoms with Crippen LogP contribution < -0.4 is 11.0 Å². The Morgan fingerprint density at radius 2 is 1.74 bits per heavy atom. The van der Waals surface area contributed by atoms with E-state index in [0.717, 1.165) is 27.6 Å². The van der Waals surface area contributed by atoms with E-state index in [1.54, 1.807) is 22.9 Å². The van der Waals surface area contributed by atoms with Crippen LogP contribution in [-0.4, -0.2) is 15.0 Å². The number of nitrogens with one attached hydrogen (secondary N) is 1. The third-order valence-corrected chi connectivity index (χ3v) is 5.74. The van der Waals surface area contributed by atoms with Crippen LogP contribution in [0.4, 0.5) is 0 Å². The first-order valence-electron chi connectivity index (χ1n) is 10.3. The minimum atomic E-state index is -0.210. The Labute approximate surface area is 185 Å². The molecule has 3 aromatic carbocycles. The zero-order valence-corrected chi connectivity index (χ0v) is 18.3. The lowest BCUT2D eigenvalue weighted by Crippen LogP contribution is -2.34. The molecule has 1 atom stereocenters. The number of hydrogen-bond acceptors (Lipinski definition) is 2. The van der Waals surface area contributed by atoms with Gasteiger partial charge in [-0.05, 0) is 47.9 Å². The average molecular weight is 434 g/mol. The van der Waals surface area contributed by atoms with Crippen molar-refractivity contribution in [3.63, 3.8) is 0 Å².